The zero-order chi connectivity index (χ0) is 14.1. The molecule has 1 aromatic carbocycles. The Morgan fingerprint density at radius 3 is 3.05 bits per heavy atom. The maximum absolute atomic E-state index is 12.3. The minimum Gasteiger partial charge on any atom is -0.453 e. The molecular weight excluding hydrogens is 256 g/mol. The first-order valence-corrected chi connectivity index (χ1v) is 6.68. The summed E-state index contributed by atoms with van der Waals surface area (Å²) in [5.41, 5.74) is 0.709. The van der Waals surface area contributed by atoms with Crippen molar-refractivity contribution in [1.82, 2.24) is 10.2 Å². The van der Waals surface area contributed by atoms with Gasteiger partial charge in [-0.2, -0.15) is 0 Å². The van der Waals surface area contributed by atoms with Gasteiger partial charge in [-0.1, -0.05) is 18.2 Å². The molecule has 0 radical (unpaired) electrons. The number of carbonyl (C=O) groups is 2. The van der Waals surface area contributed by atoms with Crippen molar-refractivity contribution in [3.05, 3.63) is 36.1 Å². The third-order valence-corrected chi connectivity index (χ3v) is 3.67. The van der Waals surface area contributed by atoms with Gasteiger partial charge in [-0.15, -0.1) is 0 Å². The van der Waals surface area contributed by atoms with Crippen LogP contribution >= 0.6 is 0 Å². The minimum atomic E-state index is -0.280. The van der Waals surface area contributed by atoms with Crippen LogP contribution in [0, 0.1) is 0 Å². The van der Waals surface area contributed by atoms with E-state index in [9.17, 15) is 9.59 Å². The Morgan fingerprint density at radius 1 is 1.45 bits per heavy atom. The number of Topliss-reactive ketones (excluding diaryl/α,β-unsaturated/α-hetero) is 1. The quantitative estimate of drug-likeness (QED) is 0.859. The lowest BCUT2D eigenvalue weighted by Gasteiger charge is -2.31. The number of hydrogen-bond acceptors (Lipinski definition) is 4. The summed E-state index contributed by atoms with van der Waals surface area (Å²) in [6, 6.07) is 9.00. The number of nitrogens with zero attached hydrogens (tertiary/aromatic N) is 1. The summed E-state index contributed by atoms with van der Waals surface area (Å²) >= 11 is 0. The van der Waals surface area contributed by atoms with E-state index in [1.165, 1.54) is 0 Å². The van der Waals surface area contributed by atoms with Crippen LogP contribution in [-0.2, 0) is 4.79 Å². The Bertz CT molecular complexity index is 629. The number of furan rings is 1. The van der Waals surface area contributed by atoms with Crippen LogP contribution in [0.15, 0.2) is 34.7 Å². The normalized spacial score (nSPS) is 20.1. The largest absolute Gasteiger partial charge is 0.453 e. The van der Waals surface area contributed by atoms with Crippen LogP contribution in [-0.4, -0.2) is 42.3 Å². The second-order valence-corrected chi connectivity index (χ2v) is 5.01. The molecule has 1 aliphatic heterocycles. The van der Waals surface area contributed by atoms with E-state index >= 15 is 0 Å². The molecule has 3 rings (SSSR count). The van der Waals surface area contributed by atoms with Crippen molar-refractivity contribution in [1.29, 1.82) is 0 Å². The van der Waals surface area contributed by atoms with E-state index in [2.05, 4.69) is 5.32 Å². The van der Waals surface area contributed by atoms with E-state index in [1.54, 1.807) is 13.0 Å². The predicted molar refractivity (Wildman–Crippen MR) is 74.6 cm³/mol. The smallest absolute Gasteiger partial charge is 0.237 e. The Balaban J connectivity index is 1.77. The van der Waals surface area contributed by atoms with Crippen molar-refractivity contribution in [3.63, 3.8) is 0 Å². The van der Waals surface area contributed by atoms with Gasteiger partial charge >= 0.3 is 0 Å². The maximum Gasteiger partial charge on any atom is 0.237 e. The number of hydrogen-bond donors (Lipinski definition) is 1. The van der Waals surface area contributed by atoms with Gasteiger partial charge < -0.3 is 9.73 Å². The third kappa shape index (κ3) is 2.32. The lowest BCUT2D eigenvalue weighted by atomic mass is 10.1. The SMILES string of the molecule is CC1C(=O)NCCN1CC(=O)c1cc2ccccc2o1. The van der Waals surface area contributed by atoms with Crippen LogP contribution in [0.4, 0.5) is 0 Å². The third-order valence-electron chi connectivity index (χ3n) is 3.67. The standard InChI is InChI=1S/C15H16N2O3/c1-10-15(19)16-6-7-17(10)9-12(18)14-8-11-4-2-3-5-13(11)20-14/h2-5,8,10H,6-7,9H2,1H3,(H,16,19). The molecule has 1 amide bonds. The predicted octanol–water partition coefficient (Wildman–Crippen LogP) is 1.44. The van der Waals surface area contributed by atoms with Crippen LogP contribution in [0.3, 0.4) is 0 Å². The van der Waals surface area contributed by atoms with Crippen molar-refractivity contribution >= 4 is 22.7 Å². The average Bonchev–Trinajstić information content (AvgIpc) is 2.88. The second-order valence-electron chi connectivity index (χ2n) is 5.01. The highest BCUT2D eigenvalue weighted by molar-refractivity contribution is 5.99. The van der Waals surface area contributed by atoms with E-state index in [0.29, 0.717) is 24.4 Å². The van der Waals surface area contributed by atoms with Gasteiger partial charge in [0.05, 0.1) is 12.6 Å². The van der Waals surface area contributed by atoms with Gasteiger partial charge in [0.15, 0.2) is 5.76 Å². The number of ketones is 1. The molecule has 1 unspecified atom stereocenters. The summed E-state index contributed by atoms with van der Waals surface area (Å²) in [6.45, 7) is 3.27. The van der Waals surface area contributed by atoms with Gasteiger partial charge in [0, 0.05) is 18.5 Å². The fourth-order valence-corrected chi connectivity index (χ4v) is 2.43. The number of piperazine rings is 1. The van der Waals surface area contributed by atoms with Crippen molar-refractivity contribution in [3.8, 4) is 0 Å². The zero-order valence-corrected chi connectivity index (χ0v) is 11.3. The van der Waals surface area contributed by atoms with Crippen LogP contribution < -0.4 is 5.32 Å². The van der Waals surface area contributed by atoms with Gasteiger partial charge in [-0.05, 0) is 19.1 Å². The average molecular weight is 272 g/mol. The summed E-state index contributed by atoms with van der Waals surface area (Å²) in [7, 11) is 0. The first kappa shape index (κ1) is 12.9. The molecule has 1 saturated heterocycles. The van der Waals surface area contributed by atoms with Crippen LogP contribution in [0.1, 0.15) is 17.5 Å². The van der Waals surface area contributed by atoms with E-state index in [1.807, 2.05) is 29.2 Å². The molecule has 1 aliphatic rings. The zero-order valence-electron chi connectivity index (χ0n) is 11.3. The summed E-state index contributed by atoms with van der Waals surface area (Å²) in [4.78, 5) is 25.7. The maximum atomic E-state index is 12.3. The number of fused-ring (bicyclic) bond motifs is 1. The Kier molecular flexibility index (Phi) is 3.28. The number of para-hydroxylation sites is 1. The molecule has 0 bridgehead atoms. The highest BCUT2D eigenvalue weighted by atomic mass is 16.3. The Morgan fingerprint density at radius 2 is 2.25 bits per heavy atom. The van der Waals surface area contributed by atoms with Crippen molar-refractivity contribution in [2.75, 3.05) is 19.6 Å². The van der Waals surface area contributed by atoms with E-state index < -0.39 is 0 Å². The molecule has 1 fully saturated rings. The second kappa shape index (κ2) is 5.09. The Hall–Kier alpha value is -2.14. The van der Waals surface area contributed by atoms with Gasteiger partial charge in [0.2, 0.25) is 11.7 Å². The molecule has 20 heavy (non-hydrogen) atoms. The van der Waals surface area contributed by atoms with E-state index in [4.69, 9.17) is 4.42 Å². The number of amides is 1. The fourth-order valence-electron chi connectivity index (χ4n) is 2.43. The molecule has 1 N–H and O–H groups in total. The molecule has 2 aromatic rings. The topological polar surface area (TPSA) is 62.6 Å². The van der Waals surface area contributed by atoms with Crippen molar-refractivity contribution in [2.24, 2.45) is 0 Å². The highest BCUT2D eigenvalue weighted by Crippen LogP contribution is 2.19. The number of nitrogens with one attached hydrogen (secondary N) is 1. The summed E-state index contributed by atoms with van der Waals surface area (Å²) in [5.74, 6) is 0.223. The molecule has 2 heterocycles. The molecule has 0 spiro atoms. The Labute approximate surface area is 116 Å². The van der Waals surface area contributed by atoms with Crippen molar-refractivity contribution < 1.29 is 14.0 Å². The van der Waals surface area contributed by atoms with Gasteiger partial charge in [-0.3, -0.25) is 14.5 Å². The fraction of sp³-hybridized carbons (Fsp3) is 0.333. The number of carbonyl (C=O) groups excluding carboxylic acids is 2. The van der Waals surface area contributed by atoms with E-state index in [0.717, 1.165) is 5.39 Å². The molecular formula is C15H16N2O3. The lowest BCUT2D eigenvalue weighted by Crippen LogP contribution is -2.54. The lowest BCUT2D eigenvalue weighted by molar-refractivity contribution is -0.127. The minimum absolute atomic E-state index is 0.0337. The van der Waals surface area contributed by atoms with Gasteiger partial charge in [-0.25, -0.2) is 0 Å². The number of rotatable bonds is 3. The highest BCUT2D eigenvalue weighted by Gasteiger charge is 2.27. The molecule has 104 valence electrons. The molecule has 1 aromatic heterocycles. The van der Waals surface area contributed by atoms with Crippen molar-refractivity contribution in [2.45, 2.75) is 13.0 Å². The summed E-state index contributed by atoms with van der Waals surface area (Å²) in [6.07, 6.45) is 0. The monoisotopic (exact) mass is 272 g/mol. The summed E-state index contributed by atoms with van der Waals surface area (Å²) < 4.78 is 5.56. The molecule has 1 atom stereocenters. The van der Waals surface area contributed by atoms with Crippen LogP contribution in [0.2, 0.25) is 0 Å². The first-order chi connectivity index (χ1) is 9.65. The molecule has 5 heteroatoms. The van der Waals surface area contributed by atoms with Crippen LogP contribution in [0.25, 0.3) is 11.0 Å². The van der Waals surface area contributed by atoms with Crippen LogP contribution in [0.5, 0.6) is 0 Å². The molecule has 0 aliphatic carbocycles. The molecule has 0 saturated carbocycles. The molecule has 5 nitrogen and oxygen atoms in total. The van der Waals surface area contributed by atoms with Gasteiger partial charge in [0.1, 0.15) is 5.58 Å². The van der Waals surface area contributed by atoms with Gasteiger partial charge in [0.25, 0.3) is 0 Å². The summed E-state index contributed by atoms with van der Waals surface area (Å²) in [5, 5.41) is 3.70. The first-order valence-electron chi connectivity index (χ1n) is 6.68. The number of benzene rings is 1. The van der Waals surface area contributed by atoms with E-state index in [-0.39, 0.29) is 24.3 Å².